The van der Waals surface area contributed by atoms with Gasteiger partial charge in [0.2, 0.25) is 0 Å². The summed E-state index contributed by atoms with van der Waals surface area (Å²) in [4.78, 5) is 2.10. The second kappa shape index (κ2) is 5.22. The van der Waals surface area contributed by atoms with E-state index in [2.05, 4.69) is 19.9 Å². The Bertz CT molecular complexity index is 679. The second-order valence-corrected chi connectivity index (χ2v) is 5.20. The first-order valence-electron chi connectivity index (χ1n) is 4.96. The molecule has 0 radical (unpaired) electrons. The van der Waals surface area contributed by atoms with Crippen molar-refractivity contribution in [3.8, 4) is 0 Å². The molecule has 1 atom stereocenters. The van der Waals surface area contributed by atoms with Crippen LogP contribution in [0.5, 0.6) is 0 Å². The van der Waals surface area contributed by atoms with Crippen molar-refractivity contribution in [3.05, 3.63) is 5.82 Å². The van der Waals surface area contributed by atoms with E-state index in [-0.39, 0.29) is 0 Å². The summed E-state index contributed by atoms with van der Waals surface area (Å²) >= 11 is 0. The van der Waals surface area contributed by atoms with Gasteiger partial charge < -0.3 is 15.2 Å². The summed E-state index contributed by atoms with van der Waals surface area (Å²) in [6.07, 6.45) is -12.5. The van der Waals surface area contributed by atoms with Crippen LogP contribution in [0.1, 0.15) is 12.7 Å². The lowest BCUT2D eigenvalue weighted by atomic mass is 10.2. The van der Waals surface area contributed by atoms with Crippen LogP contribution in [0.15, 0.2) is 5.16 Å². The maximum Gasteiger partial charge on any atom is 0.453 e. The number of hydrogen-bond donors (Lipinski definition) is 0. The van der Waals surface area contributed by atoms with E-state index < -0.39 is 52.2 Å². The van der Waals surface area contributed by atoms with E-state index in [1.807, 2.05) is 0 Å². The van der Waals surface area contributed by atoms with Crippen LogP contribution in [0.2, 0.25) is 0 Å². The van der Waals surface area contributed by atoms with E-state index >= 15 is 0 Å². The van der Waals surface area contributed by atoms with E-state index in [9.17, 15) is 47.4 Å². The molecule has 1 unspecified atom stereocenters. The highest BCUT2D eigenvalue weighted by Crippen LogP contribution is 2.48. The minimum absolute atomic E-state index is 0.578. The Morgan fingerprint density at radius 3 is 1.78 bits per heavy atom. The third-order valence-electron chi connectivity index (χ3n) is 2.08. The molecule has 6 nitrogen and oxygen atoms in total. The number of ether oxygens (including phenoxy) is 1. The normalized spacial score (nSPS) is 17.1. The van der Waals surface area contributed by atoms with Gasteiger partial charge in [0.05, 0.1) is 5.82 Å². The van der Waals surface area contributed by atoms with Crippen LogP contribution >= 0.6 is 0 Å². The fourth-order valence-corrected chi connectivity index (χ4v) is 1.30. The van der Waals surface area contributed by atoms with Crippen molar-refractivity contribution in [2.75, 3.05) is 0 Å². The first-order chi connectivity index (χ1) is 9.92. The van der Waals surface area contributed by atoms with Crippen LogP contribution in [-0.4, -0.2) is 36.8 Å². The monoisotopic (exact) mass is 380 g/mol. The van der Waals surface area contributed by atoms with E-state index in [4.69, 9.17) is 0 Å². The van der Waals surface area contributed by atoms with Crippen molar-refractivity contribution in [3.63, 3.8) is 0 Å². The van der Waals surface area contributed by atoms with Crippen LogP contribution in [0.3, 0.4) is 0 Å². The van der Waals surface area contributed by atoms with Gasteiger partial charge in [-0.25, -0.2) is 0 Å². The van der Waals surface area contributed by atoms with Crippen LogP contribution in [0, 0.1) is 0 Å². The highest BCUT2D eigenvalue weighted by molar-refractivity contribution is 7.86. The SMILES string of the molecule is CC(F)(F)C(F)(F)OC(F)(c1nnc(S(=O)(=O)F)[n-]1)C(F)(F)F. The van der Waals surface area contributed by atoms with Gasteiger partial charge in [-0.15, -0.1) is 0 Å². The Morgan fingerprint density at radius 1 is 1.00 bits per heavy atom. The minimum Gasteiger partial charge on any atom is -0.346 e. The third-order valence-corrected chi connectivity index (χ3v) is 2.69. The number of alkyl halides is 8. The fourth-order valence-electron chi connectivity index (χ4n) is 0.961. The summed E-state index contributed by atoms with van der Waals surface area (Å²) < 4.78 is 138. The minimum atomic E-state index is -6.46. The Kier molecular flexibility index (Phi) is 4.42. The van der Waals surface area contributed by atoms with Crippen LogP contribution < -0.4 is 4.98 Å². The maximum absolute atomic E-state index is 13.8. The van der Waals surface area contributed by atoms with Crippen molar-refractivity contribution < 1.29 is 52.2 Å². The Hall–Kier alpha value is -1.58. The van der Waals surface area contributed by atoms with Crippen LogP contribution in [0.4, 0.5) is 39.0 Å². The van der Waals surface area contributed by atoms with Gasteiger partial charge in [0, 0.05) is 6.92 Å². The second-order valence-electron chi connectivity index (χ2n) is 3.96. The average Bonchev–Trinajstić information content (AvgIpc) is 2.73. The molecule has 0 aliphatic heterocycles. The third kappa shape index (κ3) is 3.67. The predicted octanol–water partition coefficient (Wildman–Crippen LogP) is 2.04. The standard InChI is InChI=1S/C7H3F9N3O3S/c1-4(8,9)7(14,15)22-5(10,6(11,12)13)2-17-3(19-18-2)23(16,20)21/h1H3/q-1. The summed E-state index contributed by atoms with van der Waals surface area (Å²) in [6.45, 7) is -0.578. The molecule has 0 bridgehead atoms. The lowest BCUT2D eigenvalue weighted by Crippen LogP contribution is -2.52. The first-order valence-corrected chi connectivity index (χ1v) is 6.34. The van der Waals surface area contributed by atoms with Gasteiger partial charge in [0.1, 0.15) is 5.16 Å². The number of nitrogens with zero attached hydrogens (tertiary/aromatic N) is 3. The van der Waals surface area contributed by atoms with Gasteiger partial charge in [-0.3, -0.25) is 4.74 Å². The molecule has 0 fully saturated rings. The molecule has 0 saturated heterocycles. The summed E-state index contributed by atoms with van der Waals surface area (Å²) in [6, 6.07) is 0. The maximum atomic E-state index is 13.8. The fraction of sp³-hybridized carbons (Fsp3) is 0.714. The molecule has 1 aromatic heterocycles. The Balaban J connectivity index is 3.44. The van der Waals surface area contributed by atoms with Crippen molar-refractivity contribution in [2.45, 2.75) is 36.1 Å². The molecule has 0 aliphatic rings. The molecule has 1 aromatic rings. The largest absolute Gasteiger partial charge is 0.453 e. The Morgan fingerprint density at radius 2 is 1.48 bits per heavy atom. The smallest absolute Gasteiger partial charge is 0.346 e. The lowest BCUT2D eigenvalue weighted by Gasteiger charge is -2.33. The summed E-state index contributed by atoms with van der Waals surface area (Å²) in [7, 11) is -5.87. The molecule has 1 heterocycles. The molecule has 1 rings (SSSR count). The number of rotatable bonds is 5. The van der Waals surface area contributed by atoms with Gasteiger partial charge in [0.15, 0.2) is 0 Å². The zero-order chi connectivity index (χ0) is 18.5. The number of halogens is 9. The van der Waals surface area contributed by atoms with Gasteiger partial charge in [0.25, 0.3) is 0 Å². The molecule has 23 heavy (non-hydrogen) atoms. The van der Waals surface area contributed by atoms with Crippen molar-refractivity contribution in [1.29, 1.82) is 0 Å². The summed E-state index contributed by atoms with van der Waals surface area (Å²) in [5, 5.41) is 2.19. The molecular formula is C7H3F9N3O3S-. The highest BCUT2D eigenvalue weighted by Gasteiger charge is 2.68. The summed E-state index contributed by atoms with van der Waals surface area (Å²) in [5.74, 6) is -13.6. The molecule has 0 spiro atoms. The molecule has 0 aliphatic carbocycles. The molecule has 0 N–H and O–H groups in total. The van der Waals surface area contributed by atoms with Gasteiger partial charge in [-0.05, 0) is 0 Å². The van der Waals surface area contributed by atoms with Crippen LogP contribution in [0.25, 0.3) is 0 Å². The van der Waals surface area contributed by atoms with Gasteiger partial charge >= 0.3 is 34.3 Å². The van der Waals surface area contributed by atoms with Gasteiger partial charge in [-0.2, -0.15) is 43.5 Å². The van der Waals surface area contributed by atoms with Crippen molar-refractivity contribution >= 4 is 10.2 Å². The predicted molar refractivity (Wildman–Crippen MR) is 49.1 cm³/mol. The highest BCUT2D eigenvalue weighted by atomic mass is 32.3. The van der Waals surface area contributed by atoms with Gasteiger partial charge in [-0.1, -0.05) is 3.89 Å². The van der Waals surface area contributed by atoms with E-state index in [1.165, 1.54) is 0 Å². The van der Waals surface area contributed by atoms with Crippen molar-refractivity contribution in [1.82, 2.24) is 15.2 Å². The lowest BCUT2D eigenvalue weighted by molar-refractivity contribution is -0.457. The van der Waals surface area contributed by atoms with Crippen LogP contribution in [-0.2, 0) is 20.8 Å². The zero-order valence-corrected chi connectivity index (χ0v) is 11.2. The molecule has 0 saturated carbocycles. The molecule has 0 aromatic carbocycles. The van der Waals surface area contributed by atoms with Crippen molar-refractivity contribution in [2.24, 2.45) is 0 Å². The molecular weight excluding hydrogens is 377 g/mol. The van der Waals surface area contributed by atoms with E-state index in [0.717, 1.165) is 0 Å². The summed E-state index contributed by atoms with van der Waals surface area (Å²) in [5.41, 5.74) is 0. The molecule has 134 valence electrons. The number of aromatic nitrogens is 3. The Labute approximate surface area is 120 Å². The molecule has 0 amide bonds. The average molecular weight is 380 g/mol. The topological polar surface area (TPSA) is 83.2 Å². The number of hydrogen-bond acceptors (Lipinski definition) is 5. The van der Waals surface area contributed by atoms with E-state index in [1.54, 1.807) is 0 Å². The first kappa shape index (κ1) is 19.5. The van der Waals surface area contributed by atoms with E-state index in [0.29, 0.717) is 0 Å². The quantitative estimate of drug-likeness (QED) is 0.574. The zero-order valence-electron chi connectivity index (χ0n) is 10.4. The molecule has 16 heteroatoms.